The van der Waals surface area contributed by atoms with E-state index in [0.717, 1.165) is 25.7 Å². The number of esters is 2. The van der Waals surface area contributed by atoms with Crippen LogP contribution in [-0.2, 0) is 19.1 Å². The second kappa shape index (κ2) is 23.6. The molecule has 0 bridgehead atoms. The monoisotopic (exact) mass is 440 g/mol. The molecule has 0 amide bonds. The predicted octanol–water partition coefficient (Wildman–Crippen LogP) is 8.30. The van der Waals surface area contributed by atoms with E-state index in [9.17, 15) is 9.59 Å². The van der Waals surface area contributed by atoms with Gasteiger partial charge >= 0.3 is 11.9 Å². The van der Waals surface area contributed by atoms with Crippen molar-refractivity contribution in [2.24, 2.45) is 0 Å². The van der Waals surface area contributed by atoms with Crippen molar-refractivity contribution in [2.45, 2.75) is 155 Å². The summed E-state index contributed by atoms with van der Waals surface area (Å²) in [6.45, 7) is 6.94. The molecular formula is C27H52O4. The largest absolute Gasteiger partial charge is 0.466 e. The van der Waals surface area contributed by atoms with Gasteiger partial charge in [0.25, 0.3) is 0 Å². The van der Waals surface area contributed by atoms with E-state index in [0.29, 0.717) is 25.9 Å². The number of carbonyl (C=O) groups excluding carboxylic acids is 2. The van der Waals surface area contributed by atoms with Crippen molar-refractivity contribution in [3.63, 3.8) is 0 Å². The Balaban J connectivity index is 3.43. The second-order valence-corrected chi connectivity index (χ2v) is 9.11. The van der Waals surface area contributed by atoms with Crippen molar-refractivity contribution in [3.8, 4) is 0 Å². The Hall–Kier alpha value is -1.06. The number of unbranched alkanes of at least 4 members (excludes halogenated alkanes) is 14. The molecule has 0 aromatic rings. The molecule has 0 saturated heterocycles. The van der Waals surface area contributed by atoms with Crippen molar-refractivity contribution >= 4 is 11.9 Å². The van der Waals surface area contributed by atoms with Crippen LogP contribution in [0.5, 0.6) is 0 Å². The van der Waals surface area contributed by atoms with Crippen LogP contribution in [0.1, 0.15) is 149 Å². The lowest BCUT2D eigenvalue weighted by Crippen LogP contribution is -2.15. The fraction of sp³-hybridized carbons (Fsp3) is 0.926. The molecule has 0 aliphatic heterocycles. The fourth-order valence-electron chi connectivity index (χ4n) is 3.78. The normalized spacial score (nSPS) is 12.0. The SMILES string of the molecule is CCCCCCCCCCCCOC(=O)CCCC(=O)OC(C)CCCCCCCC. The molecule has 0 aliphatic rings. The van der Waals surface area contributed by atoms with E-state index >= 15 is 0 Å². The molecule has 4 heteroatoms. The lowest BCUT2D eigenvalue weighted by molar-refractivity contribution is -0.149. The van der Waals surface area contributed by atoms with Crippen LogP contribution >= 0.6 is 0 Å². The molecule has 184 valence electrons. The first-order chi connectivity index (χ1) is 15.1. The molecule has 0 heterocycles. The third-order valence-electron chi connectivity index (χ3n) is 5.82. The van der Waals surface area contributed by atoms with E-state index < -0.39 is 0 Å². The lowest BCUT2D eigenvalue weighted by atomic mass is 10.1. The summed E-state index contributed by atoms with van der Waals surface area (Å²) in [6.07, 6.45) is 22.2. The Bertz CT molecular complexity index is 408. The van der Waals surface area contributed by atoms with Crippen LogP contribution in [-0.4, -0.2) is 24.6 Å². The van der Waals surface area contributed by atoms with Crippen LogP contribution < -0.4 is 0 Å². The van der Waals surface area contributed by atoms with Crippen molar-refractivity contribution in [1.29, 1.82) is 0 Å². The van der Waals surface area contributed by atoms with Gasteiger partial charge in [0, 0.05) is 12.8 Å². The van der Waals surface area contributed by atoms with Crippen molar-refractivity contribution in [1.82, 2.24) is 0 Å². The summed E-state index contributed by atoms with van der Waals surface area (Å²) in [7, 11) is 0. The first-order valence-electron chi connectivity index (χ1n) is 13.4. The van der Waals surface area contributed by atoms with Gasteiger partial charge in [0.1, 0.15) is 0 Å². The smallest absolute Gasteiger partial charge is 0.306 e. The summed E-state index contributed by atoms with van der Waals surface area (Å²) in [5, 5.41) is 0. The molecule has 0 fully saturated rings. The van der Waals surface area contributed by atoms with Crippen LogP contribution in [0.25, 0.3) is 0 Å². The summed E-state index contributed by atoms with van der Waals surface area (Å²) < 4.78 is 10.7. The van der Waals surface area contributed by atoms with Gasteiger partial charge in [0.2, 0.25) is 0 Å². The summed E-state index contributed by atoms with van der Waals surface area (Å²) in [5.74, 6) is -0.384. The number of ether oxygens (including phenoxy) is 2. The maximum atomic E-state index is 11.9. The van der Waals surface area contributed by atoms with Gasteiger partial charge < -0.3 is 9.47 Å². The minimum Gasteiger partial charge on any atom is -0.466 e. The van der Waals surface area contributed by atoms with Gasteiger partial charge in [-0.25, -0.2) is 0 Å². The van der Waals surface area contributed by atoms with Crippen molar-refractivity contribution in [2.75, 3.05) is 6.61 Å². The van der Waals surface area contributed by atoms with Crippen molar-refractivity contribution in [3.05, 3.63) is 0 Å². The zero-order valence-corrected chi connectivity index (χ0v) is 21.1. The average molecular weight is 441 g/mol. The molecule has 4 nitrogen and oxygen atoms in total. The molecule has 0 N–H and O–H groups in total. The Kier molecular flexibility index (Phi) is 22.8. The third-order valence-corrected chi connectivity index (χ3v) is 5.82. The van der Waals surface area contributed by atoms with Gasteiger partial charge in [0.15, 0.2) is 0 Å². The van der Waals surface area contributed by atoms with Gasteiger partial charge in [-0.05, 0) is 32.6 Å². The van der Waals surface area contributed by atoms with E-state index in [2.05, 4.69) is 13.8 Å². The van der Waals surface area contributed by atoms with Crippen LogP contribution in [0.4, 0.5) is 0 Å². The molecule has 0 radical (unpaired) electrons. The zero-order chi connectivity index (χ0) is 23.0. The molecule has 0 aliphatic carbocycles. The van der Waals surface area contributed by atoms with E-state index in [4.69, 9.17) is 9.47 Å². The third kappa shape index (κ3) is 23.4. The average Bonchev–Trinajstić information content (AvgIpc) is 2.74. The van der Waals surface area contributed by atoms with Gasteiger partial charge in [-0.3, -0.25) is 9.59 Å². The highest BCUT2D eigenvalue weighted by molar-refractivity contribution is 5.72. The quantitative estimate of drug-likeness (QED) is 0.118. The van der Waals surface area contributed by atoms with Gasteiger partial charge in [-0.1, -0.05) is 104 Å². The molecular weight excluding hydrogens is 388 g/mol. The number of carbonyl (C=O) groups is 2. The van der Waals surface area contributed by atoms with Gasteiger partial charge in [-0.15, -0.1) is 0 Å². The molecule has 0 aromatic heterocycles. The Morgan fingerprint density at radius 3 is 1.58 bits per heavy atom. The fourth-order valence-corrected chi connectivity index (χ4v) is 3.78. The molecule has 31 heavy (non-hydrogen) atoms. The Morgan fingerprint density at radius 1 is 0.581 bits per heavy atom. The second-order valence-electron chi connectivity index (χ2n) is 9.11. The topological polar surface area (TPSA) is 52.6 Å². The maximum absolute atomic E-state index is 11.9. The summed E-state index contributed by atoms with van der Waals surface area (Å²) in [5.41, 5.74) is 0. The Morgan fingerprint density at radius 2 is 1.03 bits per heavy atom. The van der Waals surface area contributed by atoms with Crippen LogP contribution in [0.2, 0.25) is 0 Å². The van der Waals surface area contributed by atoms with Crippen LogP contribution in [0.15, 0.2) is 0 Å². The molecule has 1 unspecified atom stereocenters. The summed E-state index contributed by atoms with van der Waals surface area (Å²) in [6, 6.07) is 0. The van der Waals surface area contributed by atoms with Crippen molar-refractivity contribution < 1.29 is 19.1 Å². The first kappa shape index (κ1) is 29.9. The van der Waals surface area contributed by atoms with Gasteiger partial charge in [0.05, 0.1) is 12.7 Å². The van der Waals surface area contributed by atoms with Gasteiger partial charge in [-0.2, -0.15) is 0 Å². The van der Waals surface area contributed by atoms with Crippen LogP contribution in [0, 0.1) is 0 Å². The van der Waals surface area contributed by atoms with E-state index in [1.807, 2.05) is 6.92 Å². The summed E-state index contributed by atoms with van der Waals surface area (Å²) >= 11 is 0. The molecule has 1 atom stereocenters. The number of hydrogen-bond donors (Lipinski definition) is 0. The zero-order valence-electron chi connectivity index (χ0n) is 21.1. The number of hydrogen-bond acceptors (Lipinski definition) is 4. The summed E-state index contributed by atoms with van der Waals surface area (Å²) in [4.78, 5) is 23.7. The molecule has 0 rings (SSSR count). The highest BCUT2D eigenvalue weighted by Gasteiger charge is 2.11. The standard InChI is InChI=1S/C27H52O4/c1-4-6-8-10-12-13-14-15-17-19-24-30-26(28)22-20-23-27(29)31-25(3)21-18-16-11-9-7-5-2/h25H,4-24H2,1-3H3. The van der Waals surface area contributed by atoms with E-state index in [1.54, 1.807) is 0 Å². The Labute approximate surface area is 193 Å². The maximum Gasteiger partial charge on any atom is 0.306 e. The van der Waals surface area contributed by atoms with E-state index in [1.165, 1.54) is 83.5 Å². The minimum atomic E-state index is -0.194. The molecule has 0 aromatic carbocycles. The highest BCUT2D eigenvalue weighted by atomic mass is 16.5. The lowest BCUT2D eigenvalue weighted by Gasteiger charge is -2.13. The molecule has 0 saturated carbocycles. The predicted molar refractivity (Wildman–Crippen MR) is 130 cm³/mol. The number of rotatable bonds is 23. The highest BCUT2D eigenvalue weighted by Crippen LogP contribution is 2.12. The van der Waals surface area contributed by atoms with Crippen LogP contribution in [0.3, 0.4) is 0 Å². The first-order valence-corrected chi connectivity index (χ1v) is 13.4. The molecule has 0 spiro atoms. The van der Waals surface area contributed by atoms with E-state index in [-0.39, 0.29) is 18.0 Å². The minimum absolute atomic E-state index is 0.0260.